The Morgan fingerprint density at radius 1 is 0.379 bits per heavy atom. The highest BCUT2D eigenvalue weighted by Crippen LogP contribution is 2.67. The number of benzene rings is 9. The van der Waals surface area contributed by atoms with E-state index in [9.17, 15) is 5.26 Å². The molecular weight excluding hydrogens is 801 g/mol. The van der Waals surface area contributed by atoms with Crippen molar-refractivity contribution in [3.8, 4) is 62.5 Å². The number of nitriles is 1. The number of hydrogen-bond acceptors (Lipinski definition) is 4. The lowest BCUT2D eigenvalue weighted by molar-refractivity contribution is -0.0268. The second-order valence-electron chi connectivity index (χ2n) is 19.4. The Hall–Kier alpha value is -7.74. The van der Waals surface area contributed by atoms with Gasteiger partial charge in [-0.15, -0.1) is 0 Å². The molecule has 14 rings (SSSR count). The normalized spacial score (nSPS) is 20.8. The van der Waals surface area contributed by atoms with Crippen LogP contribution in [0.4, 0.5) is 0 Å². The Morgan fingerprint density at radius 3 is 1.39 bits per heavy atom. The predicted octanol–water partition coefficient (Wildman–Crippen LogP) is 15.3. The van der Waals surface area contributed by atoms with E-state index in [1.807, 2.05) is 54.6 Å². The van der Waals surface area contributed by atoms with Crippen molar-refractivity contribution in [3.05, 3.63) is 211 Å². The molecule has 314 valence electrons. The van der Waals surface area contributed by atoms with Crippen LogP contribution in [0, 0.1) is 23.2 Å². The lowest BCUT2D eigenvalue weighted by atomic mass is 9.41. The summed E-state index contributed by atoms with van der Waals surface area (Å²) in [6.45, 7) is 0. The van der Waals surface area contributed by atoms with Gasteiger partial charge in [-0.05, 0) is 139 Å². The molecule has 1 heterocycles. The molecule has 2 unspecified atom stereocenters. The summed E-state index contributed by atoms with van der Waals surface area (Å²) in [4.78, 5) is 15.3. The van der Waals surface area contributed by atoms with Crippen molar-refractivity contribution >= 4 is 32.3 Å². The smallest absolute Gasteiger partial charge is 0.164 e. The minimum absolute atomic E-state index is 0.0979. The largest absolute Gasteiger partial charge is 0.208 e. The van der Waals surface area contributed by atoms with E-state index < -0.39 is 0 Å². The SMILES string of the molecule is N#Cc1cccc(-c2ccc(C34CC5CC(C3)CC(c3ccc(-c6cccc7c(-c8nc(-c9ccccc9)nc(-c9ccccc9)n8)cccc67)c6ccccc36)(C5)C4)c3ccccc23)c1. The lowest BCUT2D eigenvalue weighted by Crippen LogP contribution is -2.56. The highest BCUT2D eigenvalue weighted by Gasteiger charge is 2.59. The molecule has 4 bridgehead atoms. The van der Waals surface area contributed by atoms with Gasteiger partial charge in [0.15, 0.2) is 17.5 Å². The molecule has 0 aliphatic heterocycles. The Balaban J connectivity index is 0.925. The van der Waals surface area contributed by atoms with Crippen molar-refractivity contribution in [2.24, 2.45) is 11.8 Å². The van der Waals surface area contributed by atoms with Gasteiger partial charge < -0.3 is 0 Å². The Morgan fingerprint density at radius 2 is 0.803 bits per heavy atom. The first kappa shape index (κ1) is 38.7. The third kappa shape index (κ3) is 6.22. The quantitative estimate of drug-likeness (QED) is 0.160. The maximum atomic E-state index is 9.73. The van der Waals surface area contributed by atoms with Crippen LogP contribution in [0.15, 0.2) is 194 Å². The molecule has 4 fully saturated rings. The van der Waals surface area contributed by atoms with Gasteiger partial charge in [0.1, 0.15) is 0 Å². The fourth-order valence-electron chi connectivity index (χ4n) is 13.3. The molecule has 1 aromatic heterocycles. The van der Waals surface area contributed by atoms with E-state index >= 15 is 0 Å². The first-order valence-corrected chi connectivity index (χ1v) is 23.5. The van der Waals surface area contributed by atoms with Gasteiger partial charge >= 0.3 is 0 Å². The van der Waals surface area contributed by atoms with Crippen LogP contribution in [0.5, 0.6) is 0 Å². The van der Waals surface area contributed by atoms with Crippen LogP contribution in [-0.2, 0) is 10.8 Å². The average molecular weight is 847 g/mol. The minimum atomic E-state index is 0.0979. The molecule has 0 amide bonds. The molecule has 0 N–H and O–H groups in total. The van der Waals surface area contributed by atoms with Crippen molar-refractivity contribution in [2.75, 3.05) is 0 Å². The number of nitrogens with zero attached hydrogens (tertiary/aromatic N) is 4. The summed E-state index contributed by atoms with van der Waals surface area (Å²) in [5.74, 6) is 3.39. The molecule has 4 saturated carbocycles. The fourth-order valence-corrected chi connectivity index (χ4v) is 13.3. The molecule has 4 nitrogen and oxygen atoms in total. The first-order chi connectivity index (χ1) is 32.5. The Labute approximate surface area is 385 Å². The van der Waals surface area contributed by atoms with Crippen LogP contribution >= 0.6 is 0 Å². The topological polar surface area (TPSA) is 62.5 Å². The summed E-state index contributed by atoms with van der Waals surface area (Å²) in [5, 5.41) is 17.4. The molecule has 2 atom stereocenters. The number of fused-ring (bicyclic) bond motifs is 3. The van der Waals surface area contributed by atoms with Gasteiger partial charge in [-0.2, -0.15) is 5.26 Å². The summed E-state index contributed by atoms with van der Waals surface area (Å²) in [7, 11) is 0. The maximum Gasteiger partial charge on any atom is 0.164 e. The maximum absolute atomic E-state index is 9.73. The third-order valence-corrected chi connectivity index (χ3v) is 15.5. The van der Waals surface area contributed by atoms with Crippen molar-refractivity contribution in [2.45, 2.75) is 49.4 Å². The van der Waals surface area contributed by atoms with E-state index in [0.717, 1.165) is 27.6 Å². The van der Waals surface area contributed by atoms with E-state index in [4.69, 9.17) is 15.0 Å². The van der Waals surface area contributed by atoms with Crippen LogP contribution in [0.25, 0.3) is 88.7 Å². The molecular formula is C62H46N4. The van der Waals surface area contributed by atoms with Gasteiger partial charge in [0.2, 0.25) is 0 Å². The van der Waals surface area contributed by atoms with E-state index in [1.54, 1.807) is 0 Å². The van der Waals surface area contributed by atoms with Gasteiger partial charge in [0, 0.05) is 16.7 Å². The van der Waals surface area contributed by atoms with Crippen LogP contribution in [0.3, 0.4) is 0 Å². The van der Waals surface area contributed by atoms with Gasteiger partial charge in [0.05, 0.1) is 11.6 Å². The molecule has 9 aromatic carbocycles. The molecule has 4 aliphatic carbocycles. The summed E-state index contributed by atoms with van der Waals surface area (Å²) in [6, 6.07) is 72.1. The number of hydrogen-bond donors (Lipinski definition) is 0. The van der Waals surface area contributed by atoms with E-state index in [2.05, 4.69) is 146 Å². The molecule has 10 aromatic rings. The summed E-state index contributed by atoms with van der Waals surface area (Å²) in [5.41, 5.74) is 11.6. The van der Waals surface area contributed by atoms with Gasteiger partial charge in [-0.1, -0.05) is 182 Å². The monoisotopic (exact) mass is 846 g/mol. The summed E-state index contributed by atoms with van der Waals surface area (Å²) >= 11 is 0. The van der Waals surface area contributed by atoms with Crippen LogP contribution in [0.2, 0.25) is 0 Å². The Bertz CT molecular complexity index is 3520. The first-order valence-electron chi connectivity index (χ1n) is 23.5. The summed E-state index contributed by atoms with van der Waals surface area (Å²) < 4.78 is 0. The zero-order valence-electron chi connectivity index (χ0n) is 36.7. The third-order valence-electron chi connectivity index (χ3n) is 15.5. The van der Waals surface area contributed by atoms with E-state index in [-0.39, 0.29) is 10.8 Å². The lowest BCUT2D eigenvalue weighted by Gasteiger charge is -2.63. The van der Waals surface area contributed by atoms with Gasteiger partial charge in [0.25, 0.3) is 0 Å². The van der Waals surface area contributed by atoms with Crippen LogP contribution < -0.4 is 0 Å². The molecule has 4 heteroatoms. The predicted molar refractivity (Wildman–Crippen MR) is 269 cm³/mol. The van der Waals surface area contributed by atoms with E-state index in [0.29, 0.717) is 34.9 Å². The highest BCUT2D eigenvalue weighted by atomic mass is 15.0. The molecule has 0 spiro atoms. The molecule has 66 heavy (non-hydrogen) atoms. The fraction of sp³-hybridized carbons (Fsp3) is 0.161. The minimum Gasteiger partial charge on any atom is -0.208 e. The van der Waals surface area contributed by atoms with Gasteiger partial charge in [-0.3, -0.25) is 0 Å². The number of aromatic nitrogens is 3. The molecule has 0 radical (unpaired) electrons. The second kappa shape index (κ2) is 15.2. The van der Waals surface area contributed by atoms with Crippen molar-refractivity contribution in [1.82, 2.24) is 15.0 Å². The zero-order chi connectivity index (χ0) is 43.8. The van der Waals surface area contributed by atoms with Gasteiger partial charge in [-0.25, -0.2) is 15.0 Å². The zero-order valence-corrected chi connectivity index (χ0v) is 36.7. The summed E-state index contributed by atoms with van der Waals surface area (Å²) in [6.07, 6.45) is 7.54. The second-order valence-corrected chi connectivity index (χ2v) is 19.4. The van der Waals surface area contributed by atoms with Crippen LogP contribution in [0.1, 0.15) is 55.2 Å². The Kier molecular flexibility index (Phi) is 8.90. The average Bonchev–Trinajstić information content (AvgIpc) is 3.37. The highest BCUT2D eigenvalue weighted by molar-refractivity contribution is 6.09. The number of rotatable bonds is 7. The van der Waals surface area contributed by atoms with E-state index in [1.165, 1.54) is 93.3 Å². The molecule has 4 aliphatic rings. The van der Waals surface area contributed by atoms with Crippen molar-refractivity contribution < 1.29 is 0 Å². The van der Waals surface area contributed by atoms with Crippen LogP contribution in [-0.4, -0.2) is 15.0 Å². The van der Waals surface area contributed by atoms with Crippen molar-refractivity contribution in [3.63, 3.8) is 0 Å². The van der Waals surface area contributed by atoms with Crippen molar-refractivity contribution in [1.29, 1.82) is 5.26 Å². The standard InChI is InChI=1S/C62H46N4/c63-38-40-14-11-19-45(33-40)46-28-30-56(53-22-9-7-20-47(46)53)61-34-41-32-42(35-61)37-62(36-41,39-61)57-31-29-52(50-21-8-10-23-54(50)57)49-24-12-26-51-48(49)25-13-27-55(51)60-65-58(43-15-3-1-4-16-43)64-59(66-60)44-17-5-2-6-18-44/h1-31,33,41-42H,32,34-37,39H2. The molecule has 0 saturated heterocycles.